The molecule has 0 saturated heterocycles. The van der Waals surface area contributed by atoms with Gasteiger partial charge in [-0.15, -0.1) is 0 Å². The number of para-hydroxylation sites is 2. The molecule has 2 aromatic rings. The Hall–Kier alpha value is -2.56. The van der Waals surface area contributed by atoms with E-state index >= 15 is 0 Å². The lowest BCUT2D eigenvalue weighted by Gasteiger charge is -2.20. The Bertz CT molecular complexity index is 644. The van der Waals surface area contributed by atoms with Crippen LogP contribution in [0.4, 0.5) is 15.8 Å². The van der Waals surface area contributed by atoms with Crippen LogP contribution in [-0.2, 0) is 0 Å². The normalized spacial score (nSPS) is 10.2. The van der Waals surface area contributed by atoms with Crippen molar-refractivity contribution < 1.29 is 13.9 Å². The van der Waals surface area contributed by atoms with Gasteiger partial charge >= 0.3 is 0 Å². The maximum atomic E-state index is 13.8. The molecule has 0 heterocycles. The molecular formula is C15H15FN2O2. The fourth-order valence-electron chi connectivity index (χ4n) is 1.90. The molecule has 5 heteroatoms. The van der Waals surface area contributed by atoms with E-state index in [9.17, 15) is 9.18 Å². The van der Waals surface area contributed by atoms with Crippen molar-refractivity contribution in [1.29, 1.82) is 0 Å². The van der Waals surface area contributed by atoms with Gasteiger partial charge in [0.25, 0.3) is 5.91 Å². The summed E-state index contributed by atoms with van der Waals surface area (Å²) in [5.41, 5.74) is 6.28. The Balaban J connectivity index is 2.37. The third-order valence-corrected chi connectivity index (χ3v) is 2.97. The predicted molar refractivity (Wildman–Crippen MR) is 76.5 cm³/mol. The zero-order valence-corrected chi connectivity index (χ0v) is 11.3. The van der Waals surface area contributed by atoms with Crippen LogP contribution >= 0.6 is 0 Å². The number of nitrogens with zero attached hydrogens (tertiary/aromatic N) is 1. The Morgan fingerprint density at radius 3 is 2.60 bits per heavy atom. The van der Waals surface area contributed by atoms with Crippen LogP contribution in [0.3, 0.4) is 0 Å². The Kier molecular flexibility index (Phi) is 3.89. The Morgan fingerprint density at radius 1 is 1.25 bits per heavy atom. The van der Waals surface area contributed by atoms with Crippen LogP contribution in [0.5, 0.6) is 5.75 Å². The summed E-state index contributed by atoms with van der Waals surface area (Å²) in [4.78, 5) is 13.7. The van der Waals surface area contributed by atoms with Crippen molar-refractivity contribution in [2.45, 2.75) is 0 Å². The molecule has 2 rings (SSSR count). The lowest BCUT2D eigenvalue weighted by atomic mass is 10.1. The minimum absolute atomic E-state index is 0.0346. The van der Waals surface area contributed by atoms with Gasteiger partial charge in [0, 0.05) is 12.7 Å². The molecule has 0 aliphatic carbocycles. The lowest BCUT2D eigenvalue weighted by Crippen LogP contribution is -2.27. The quantitative estimate of drug-likeness (QED) is 0.875. The van der Waals surface area contributed by atoms with Gasteiger partial charge in [0.05, 0.1) is 18.4 Å². The number of rotatable bonds is 3. The molecule has 0 fully saturated rings. The number of carbonyl (C=O) groups is 1. The molecule has 0 aliphatic heterocycles. The fraction of sp³-hybridized carbons (Fsp3) is 0.133. The Morgan fingerprint density at radius 2 is 1.95 bits per heavy atom. The third kappa shape index (κ3) is 2.56. The van der Waals surface area contributed by atoms with E-state index in [0.29, 0.717) is 11.4 Å². The van der Waals surface area contributed by atoms with Crippen LogP contribution in [0.25, 0.3) is 0 Å². The van der Waals surface area contributed by atoms with E-state index in [4.69, 9.17) is 10.5 Å². The van der Waals surface area contributed by atoms with Gasteiger partial charge in [-0.2, -0.15) is 0 Å². The number of ether oxygens (including phenoxy) is 1. The van der Waals surface area contributed by atoms with Gasteiger partial charge in [-0.3, -0.25) is 4.79 Å². The number of anilines is 2. The highest BCUT2D eigenvalue weighted by Gasteiger charge is 2.19. The van der Waals surface area contributed by atoms with Gasteiger partial charge in [-0.05, 0) is 30.3 Å². The maximum Gasteiger partial charge on any atom is 0.261 e. The predicted octanol–water partition coefficient (Wildman–Crippen LogP) is 2.69. The third-order valence-electron chi connectivity index (χ3n) is 2.97. The van der Waals surface area contributed by atoms with E-state index in [-0.39, 0.29) is 11.3 Å². The van der Waals surface area contributed by atoms with Gasteiger partial charge in [0.2, 0.25) is 0 Å². The highest BCUT2D eigenvalue weighted by molar-refractivity contribution is 6.06. The van der Waals surface area contributed by atoms with Crippen LogP contribution in [0.15, 0.2) is 42.5 Å². The summed E-state index contributed by atoms with van der Waals surface area (Å²) in [6, 6.07) is 11.0. The van der Waals surface area contributed by atoms with Crippen LogP contribution in [0, 0.1) is 5.82 Å². The molecule has 1 amide bonds. The first kappa shape index (κ1) is 13.9. The van der Waals surface area contributed by atoms with E-state index in [1.165, 1.54) is 24.1 Å². The molecule has 0 aromatic heterocycles. The SMILES string of the molecule is COc1ccccc1N(C)C(=O)c1ccc(N)cc1F. The van der Waals surface area contributed by atoms with Crippen molar-refractivity contribution in [2.75, 3.05) is 24.8 Å². The van der Waals surface area contributed by atoms with Gasteiger partial charge in [0.1, 0.15) is 11.6 Å². The number of hydrogen-bond donors (Lipinski definition) is 1. The summed E-state index contributed by atoms with van der Waals surface area (Å²) >= 11 is 0. The molecule has 0 atom stereocenters. The molecule has 20 heavy (non-hydrogen) atoms. The zero-order valence-electron chi connectivity index (χ0n) is 11.3. The number of nitrogens with two attached hydrogens (primary N) is 1. The minimum Gasteiger partial charge on any atom is -0.495 e. The highest BCUT2D eigenvalue weighted by atomic mass is 19.1. The van der Waals surface area contributed by atoms with Gasteiger partial charge < -0.3 is 15.4 Å². The number of methoxy groups -OCH3 is 1. The molecular weight excluding hydrogens is 259 g/mol. The highest BCUT2D eigenvalue weighted by Crippen LogP contribution is 2.28. The summed E-state index contributed by atoms with van der Waals surface area (Å²) in [7, 11) is 3.08. The number of halogens is 1. The van der Waals surface area contributed by atoms with Crippen molar-refractivity contribution in [2.24, 2.45) is 0 Å². The van der Waals surface area contributed by atoms with Crippen molar-refractivity contribution in [3.05, 3.63) is 53.8 Å². The fourth-order valence-corrected chi connectivity index (χ4v) is 1.90. The minimum atomic E-state index is -0.642. The molecule has 2 N–H and O–H groups in total. The maximum absolute atomic E-state index is 13.8. The van der Waals surface area contributed by atoms with Crippen molar-refractivity contribution in [3.8, 4) is 5.75 Å². The van der Waals surface area contributed by atoms with E-state index in [2.05, 4.69) is 0 Å². The van der Waals surface area contributed by atoms with Crippen molar-refractivity contribution in [1.82, 2.24) is 0 Å². The number of benzene rings is 2. The molecule has 0 bridgehead atoms. The van der Waals surface area contributed by atoms with Crippen LogP contribution in [0.2, 0.25) is 0 Å². The molecule has 0 radical (unpaired) electrons. The van der Waals surface area contributed by atoms with Crippen molar-refractivity contribution in [3.63, 3.8) is 0 Å². The summed E-state index contributed by atoms with van der Waals surface area (Å²) in [5.74, 6) is -0.567. The second kappa shape index (κ2) is 5.61. The standard InChI is InChI=1S/C15H15FN2O2/c1-18(13-5-3-4-6-14(13)20-2)15(19)11-8-7-10(17)9-12(11)16/h3-9H,17H2,1-2H3. The van der Waals surface area contributed by atoms with E-state index in [1.54, 1.807) is 31.3 Å². The molecule has 0 saturated carbocycles. The van der Waals surface area contributed by atoms with Gasteiger partial charge in [0.15, 0.2) is 0 Å². The Labute approximate surface area is 116 Å². The first-order valence-corrected chi connectivity index (χ1v) is 6.00. The number of hydrogen-bond acceptors (Lipinski definition) is 3. The topological polar surface area (TPSA) is 55.6 Å². The molecule has 0 aliphatic rings. The van der Waals surface area contributed by atoms with E-state index in [1.807, 2.05) is 0 Å². The molecule has 104 valence electrons. The molecule has 0 spiro atoms. The summed E-state index contributed by atoms with van der Waals surface area (Å²) in [5, 5.41) is 0. The molecule has 0 unspecified atom stereocenters. The molecule has 2 aromatic carbocycles. The van der Waals surface area contributed by atoms with Crippen LogP contribution < -0.4 is 15.4 Å². The zero-order chi connectivity index (χ0) is 14.7. The van der Waals surface area contributed by atoms with Crippen molar-refractivity contribution >= 4 is 17.3 Å². The smallest absolute Gasteiger partial charge is 0.261 e. The average molecular weight is 274 g/mol. The summed E-state index contributed by atoms with van der Waals surface area (Å²) in [6.45, 7) is 0. The number of nitrogen functional groups attached to an aromatic ring is 1. The largest absolute Gasteiger partial charge is 0.495 e. The van der Waals surface area contributed by atoms with Crippen LogP contribution in [-0.4, -0.2) is 20.1 Å². The first-order valence-electron chi connectivity index (χ1n) is 6.00. The summed E-state index contributed by atoms with van der Waals surface area (Å²) in [6.07, 6.45) is 0. The average Bonchev–Trinajstić information content (AvgIpc) is 2.45. The lowest BCUT2D eigenvalue weighted by molar-refractivity contribution is 0.0988. The second-order valence-corrected chi connectivity index (χ2v) is 4.28. The van der Waals surface area contributed by atoms with E-state index < -0.39 is 11.7 Å². The number of carbonyl (C=O) groups excluding carboxylic acids is 1. The van der Waals surface area contributed by atoms with Gasteiger partial charge in [-0.25, -0.2) is 4.39 Å². The van der Waals surface area contributed by atoms with Gasteiger partial charge in [-0.1, -0.05) is 12.1 Å². The molecule has 4 nitrogen and oxygen atoms in total. The summed E-state index contributed by atoms with van der Waals surface area (Å²) < 4.78 is 19.0. The van der Waals surface area contributed by atoms with Crippen LogP contribution in [0.1, 0.15) is 10.4 Å². The first-order chi connectivity index (χ1) is 9.54. The second-order valence-electron chi connectivity index (χ2n) is 4.28. The number of amides is 1. The monoisotopic (exact) mass is 274 g/mol. The van der Waals surface area contributed by atoms with E-state index in [0.717, 1.165) is 6.07 Å².